The van der Waals surface area contributed by atoms with E-state index in [1.54, 1.807) is 12.1 Å². The molecule has 25 heavy (non-hydrogen) atoms. The zero-order valence-corrected chi connectivity index (χ0v) is 13.6. The molecule has 2 aromatic carbocycles. The Morgan fingerprint density at radius 2 is 1.84 bits per heavy atom. The Morgan fingerprint density at radius 1 is 1.08 bits per heavy atom. The Hall–Kier alpha value is -2.54. The van der Waals surface area contributed by atoms with Gasteiger partial charge in [0.05, 0.1) is 28.5 Å². The molecule has 1 N–H and O–H groups in total. The summed E-state index contributed by atoms with van der Waals surface area (Å²) >= 11 is 6.28. The molecule has 0 fully saturated rings. The van der Waals surface area contributed by atoms with Crippen molar-refractivity contribution in [3.8, 4) is 0 Å². The van der Waals surface area contributed by atoms with Gasteiger partial charge < -0.3 is 10.2 Å². The number of amidine groups is 2. The third-order valence-corrected chi connectivity index (χ3v) is 4.30. The van der Waals surface area contributed by atoms with Crippen molar-refractivity contribution >= 4 is 40.3 Å². The van der Waals surface area contributed by atoms with Gasteiger partial charge in [-0.1, -0.05) is 17.7 Å². The van der Waals surface area contributed by atoms with Crippen molar-refractivity contribution in [2.45, 2.75) is 6.18 Å². The molecule has 2 aromatic rings. The molecule has 2 heterocycles. The summed E-state index contributed by atoms with van der Waals surface area (Å²) in [5.41, 5.74) is 1.31. The molecule has 2 aliphatic heterocycles. The molecule has 0 saturated carbocycles. The molecular weight excluding hydrogens is 353 g/mol. The van der Waals surface area contributed by atoms with Gasteiger partial charge in [-0.15, -0.1) is 0 Å². The highest BCUT2D eigenvalue weighted by Crippen LogP contribution is 2.40. The molecule has 4 rings (SSSR count). The maximum Gasteiger partial charge on any atom is 0.416 e. The first-order valence-electron chi connectivity index (χ1n) is 7.57. The summed E-state index contributed by atoms with van der Waals surface area (Å²) in [7, 11) is 0. The van der Waals surface area contributed by atoms with Crippen molar-refractivity contribution in [3.63, 3.8) is 0 Å². The standard InChI is InChI=1S/C17H12ClF3N4/c18-12-2-1-3-13-14(12)25-9-8-22-16(25)15(24-13)23-11-6-4-10(5-7-11)17(19,20)21/h1-7H,8-9H2,(H,23,24). The number of para-hydroxylation sites is 1. The molecule has 0 unspecified atom stereocenters. The van der Waals surface area contributed by atoms with Crippen LogP contribution in [0.4, 0.5) is 30.2 Å². The van der Waals surface area contributed by atoms with Crippen LogP contribution in [0.3, 0.4) is 0 Å². The molecule has 2 aliphatic rings. The molecule has 0 bridgehead atoms. The van der Waals surface area contributed by atoms with Crippen molar-refractivity contribution in [1.29, 1.82) is 0 Å². The van der Waals surface area contributed by atoms with E-state index in [-0.39, 0.29) is 0 Å². The van der Waals surface area contributed by atoms with Crippen LogP contribution in [0, 0.1) is 0 Å². The fourth-order valence-electron chi connectivity index (χ4n) is 2.86. The second kappa shape index (κ2) is 5.77. The lowest BCUT2D eigenvalue weighted by Gasteiger charge is -2.28. The van der Waals surface area contributed by atoms with E-state index in [0.717, 1.165) is 17.8 Å². The number of halogens is 4. The van der Waals surface area contributed by atoms with Crippen molar-refractivity contribution in [2.75, 3.05) is 23.3 Å². The van der Waals surface area contributed by atoms with Crippen molar-refractivity contribution < 1.29 is 13.2 Å². The van der Waals surface area contributed by atoms with Crippen LogP contribution in [0.1, 0.15) is 5.56 Å². The molecule has 0 spiro atoms. The largest absolute Gasteiger partial charge is 0.416 e. The van der Waals surface area contributed by atoms with E-state index in [9.17, 15) is 13.2 Å². The van der Waals surface area contributed by atoms with Crippen LogP contribution in [0.15, 0.2) is 52.4 Å². The maximum absolute atomic E-state index is 12.7. The monoisotopic (exact) mass is 364 g/mol. The van der Waals surface area contributed by atoms with Crippen LogP contribution in [0.5, 0.6) is 0 Å². The average Bonchev–Trinajstić information content (AvgIpc) is 3.04. The van der Waals surface area contributed by atoms with E-state index in [1.165, 1.54) is 12.1 Å². The summed E-state index contributed by atoms with van der Waals surface area (Å²) in [5, 5.41) is 3.65. The first-order chi connectivity index (χ1) is 11.9. The number of hydrogen-bond acceptors (Lipinski definition) is 4. The average molecular weight is 365 g/mol. The number of anilines is 2. The second-order valence-electron chi connectivity index (χ2n) is 5.63. The number of fused-ring (bicyclic) bond motifs is 3. The maximum atomic E-state index is 12.7. The predicted molar refractivity (Wildman–Crippen MR) is 93.3 cm³/mol. The SMILES string of the molecule is FC(F)(F)c1ccc(NC2=Nc3cccc(Cl)c3N3CCN=C23)cc1. The van der Waals surface area contributed by atoms with E-state index in [1.807, 2.05) is 11.0 Å². The number of benzene rings is 2. The minimum atomic E-state index is -4.36. The first kappa shape index (κ1) is 16.0. The number of hydrogen-bond donors (Lipinski definition) is 1. The summed E-state index contributed by atoms with van der Waals surface area (Å²) in [6.45, 7) is 1.29. The Bertz CT molecular complexity index is 888. The normalized spacial score (nSPS) is 16.1. The van der Waals surface area contributed by atoms with Crippen molar-refractivity contribution in [2.24, 2.45) is 9.98 Å². The molecule has 4 nitrogen and oxygen atoms in total. The van der Waals surface area contributed by atoms with Gasteiger partial charge in [-0.05, 0) is 36.4 Å². The molecule has 0 radical (unpaired) electrons. The molecule has 0 saturated heterocycles. The molecule has 8 heteroatoms. The first-order valence-corrected chi connectivity index (χ1v) is 7.95. The lowest BCUT2D eigenvalue weighted by Crippen LogP contribution is -2.39. The number of aliphatic imine (C=N–C) groups is 2. The minimum absolute atomic E-state index is 0.493. The topological polar surface area (TPSA) is 40.0 Å². The Balaban J connectivity index is 1.68. The van der Waals surface area contributed by atoms with Crippen LogP contribution < -0.4 is 10.2 Å². The molecule has 0 amide bonds. The zero-order chi connectivity index (χ0) is 17.6. The fraction of sp³-hybridized carbons (Fsp3) is 0.176. The number of nitrogens with one attached hydrogen (secondary N) is 1. The van der Waals surface area contributed by atoms with Crippen LogP contribution in [-0.4, -0.2) is 24.8 Å². The van der Waals surface area contributed by atoms with Crippen molar-refractivity contribution in [1.82, 2.24) is 0 Å². The Morgan fingerprint density at radius 3 is 2.56 bits per heavy atom. The molecule has 128 valence electrons. The number of alkyl halides is 3. The summed E-state index contributed by atoms with van der Waals surface area (Å²) < 4.78 is 38.0. The van der Waals surface area contributed by atoms with Crippen LogP contribution >= 0.6 is 11.6 Å². The van der Waals surface area contributed by atoms with Crippen LogP contribution in [0.25, 0.3) is 0 Å². The van der Waals surface area contributed by atoms with Crippen LogP contribution in [0.2, 0.25) is 5.02 Å². The smallest absolute Gasteiger partial charge is 0.337 e. The molecule has 0 aromatic heterocycles. The lowest BCUT2D eigenvalue weighted by molar-refractivity contribution is -0.137. The van der Waals surface area contributed by atoms with E-state index >= 15 is 0 Å². The summed E-state index contributed by atoms with van der Waals surface area (Å²) in [5.74, 6) is 1.13. The van der Waals surface area contributed by atoms with Crippen molar-refractivity contribution in [3.05, 3.63) is 53.1 Å². The Labute approximate surface area is 146 Å². The van der Waals surface area contributed by atoms with E-state index in [4.69, 9.17) is 11.6 Å². The van der Waals surface area contributed by atoms with E-state index < -0.39 is 11.7 Å². The fourth-order valence-corrected chi connectivity index (χ4v) is 3.13. The van der Waals surface area contributed by atoms with Gasteiger partial charge in [0.2, 0.25) is 0 Å². The van der Waals surface area contributed by atoms with Gasteiger partial charge in [0, 0.05) is 12.2 Å². The summed E-state index contributed by atoms with van der Waals surface area (Å²) in [6.07, 6.45) is -4.36. The van der Waals surface area contributed by atoms with E-state index in [0.29, 0.717) is 41.2 Å². The third-order valence-electron chi connectivity index (χ3n) is 4.00. The lowest BCUT2D eigenvalue weighted by atomic mass is 10.2. The van der Waals surface area contributed by atoms with Gasteiger partial charge in [-0.25, -0.2) is 4.99 Å². The van der Waals surface area contributed by atoms with Crippen LogP contribution in [-0.2, 0) is 6.18 Å². The highest BCUT2D eigenvalue weighted by atomic mass is 35.5. The third kappa shape index (κ3) is 2.84. The Kier molecular flexibility index (Phi) is 3.68. The number of nitrogens with zero attached hydrogens (tertiary/aromatic N) is 3. The summed E-state index contributed by atoms with van der Waals surface area (Å²) in [4.78, 5) is 11.0. The quantitative estimate of drug-likeness (QED) is 0.794. The van der Waals surface area contributed by atoms with Gasteiger partial charge in [0.1, 0.15) is 0 Å². The van der Waals surface area contributed by atoms with Gasteiger partial charge in [0.15, 0.2) is 11.7 Å². The summed E-state index contributed by atoms with van der Waals surface area (Å²) in [6, 6.07) is 10.2. The van der Waals surface area contributed by atoms with Gasteiger partial charge in [0.25, 0.3) is 0 Å². The number of rotatable bonds is 1. The van der Waals surface area contributed by atoms with Gasteiger partial charge in [-0.3, -0.25) is 4.99 Å². The minimum Gasteiger partial charge on any atom is -0.337 e. The molecule has 0 atom stereocenters. The molecule has 0 aliphatic carbocycles. The molecular formula is C17H12ClF3N4. The predicted octanol–water partition coefficient (Wildman–Crippen LogP) is 4.73. The van der Waals surface area contributed by atoms with Gasteiger partial charge >= 0.3 is 6.18 Å². The second-order valence-corrected chi connectivity index (χ2v) is 6.03. The van der Waals surface area contributed by atoms with E-state index in [2.05, 4.69) is 15.3 Å². The highest BCUT2D eigenvalue weighted by molar-refractivity contribution is 6.52. The zero-order valence-electron chi connectivity index (χ0n) is 12.8. The highest BCUT2D eigenvalue weighted by Gasteiger charge is 2.32. The van der Waals surface area contributed by atoms with Gasteiger partial charge in [-0.2, -0.15) is 13.2 Å².